The van der Waals surface area contributed by atoms with Crippen LogP contribution in [-0.4, -0.2) is 18.4 Å². The van der Waals surface area contributed by atoms with Crippen molar-refractivity contribution in [2.24, 2.45) is 0 Å². The van der Waals surface area contributed by atoms with E-state index in [1.807, 2.05) is 0 Å². The van der Waals surface area contributed by atoms with Crippen molar-refractivity contribution in [1.82, 2.24) is 4.98 Å². The molecule has 0 saturated heterocycles. The molecule has 0 aliphatic rings. The van der Waals surface area contributed by atoms with Gasteiger partial charge in [-0.15, -0.1) is 11.6 Å². The molecule has 1 rings (SSSR count). The van der Waals surface area contributed by atoms with Gasteiger partial charge in [-0.3, -0.25) is 4.79 Å². The van der Waals surface area contributed by atoms with Crippen molar-refractivity contribution < 1.29 is 9.53 Å². The van der Waals surface area contributed by atoms with Gasteiger partial charge in [0.25, 0.3) is 0 Å². The van der Waals surface area contributed by atoms with Crippen LogP contribution in [-0.2, 0) is 5.88 Å². The van der Waals surface area contributed by atoms with E-state index in [1.165, 1.54) is 7.11 Å². The Labute approximate surface area is 75.3 Å². The predicted molar refractivity (Wildman–Crippen MR) is 45.7 cm³/mol. The van der Waals surface area contributed by atoms with Gasteiger partial charge in [0, 0.05) is 11.6 Å². The molecule has 64 valence electrons. The smallest absolute Gasteiger partial charge is 0.213 e. The van der Waals surface area contributed by atoms with Crippen molar-refractivity contribution in [3.05, 3.63) is 23.4 Å². The Morgan fingerprint density at radius 3 is 2.92 bits per heavy atom. The van der Waals surface area contributed by atoms with Crippen LogP contribution >= 0.6 is 11.6 Å². The molecule has 0 bridgehead atoms. The summed E-state index contributed by atoms with van der Waals surface area (Å²) in [4.78, 5) is 14.4. The van der Waals surface area contributed by atoms with Crippen LogP contribution in [0.3, 0.4) is 0 Å². The minimum atomic E-state index is 0.276. The fourth-order valence-electron chi connectivity index (χ4n) is 0.824. The highest BCUT2D eigenvalue weighted by Gasteiger charge is 2.00. The van der Waals surface area contributed by atoms with Crippen LogP contribution in [0.4, 0.5) is 0 Å². The molecule has 3 nitrogen and oxygen atoms in total. The molecule has 0 spiro atoms. The van der Waals surface area contributed by atoms with Crippen molar-refractivity contribution in [3.63, 3.8) is 0 Å². The molecule has 0 radical (unpaired) electrons. The second-order valence-electron chi connectivity index (χ2n) is 2.19. The predicted octanol–water partition coefficient (Wildman–Crippen LogP) is 1.64. The molecule has 1 aromatic rings. The monoisotopic (exact) mass is 185 g/mol. The van der Waals surface area contributed by atoms with Crippen LogP contribution < -0.4 is 4.74 Å². The van der Waals surface area contributed by atoms with Crippen molar-refractivity contribution in [1.29, 1.82) is 0 Å². The number of pyridine rings is 1. The molecule has 1 heterocycles. The van der Waals surface area contributed by atoms with E-state index in [0.29, 0.717) is 17.1 Å². The fourth-order valence-corrected chi connectivity index (χ4v) is 0.961. The van der Waals surface area contributed by atoms with Crippen LogP contribution in [0.25, 0.3) is 0 Å². The zero-order chi connectivity index (χ0) is 8.97. The number of hydrogen-bond donors (Lipinski definition) is 0. The number of carbonyl (C=O) groups is 1. The van der Waals surface area contributed by atoms with E-state index in [9.17, 15) is 4.79 Å². The highest BCUT2D eigenvalue weighted by Crippen LogP contribution is 2.12. The van der Waals surface area contributed by atoms with E-state index in [1.54, 1.807) is 12.1 Å². The van der Waals surface area contributed by atoms with E-state index >= 15 is 0 Å². The zero-order valence-corrected chi connectivity index (χ0v) is 7.34. The van der Waals surface area contributed by atoms with Gasteiger partial charge in [-0.05, 0) is 6.07 Å². The van der Waals surface area contributed by atoms with Crippen molar-refractivity contribution >= 4 is 17.9 Å². The maximum atomic E-state index is 10.4. The fraction of sp³-hybridized carbons (Fsp3) is 0.250. The van der Waals surface area contributed by atoms with Crippen LogP contribution in [0, 0.1) is 0 Å². The SMILES string of the molecule is COc1cc(C=O)cc(CCl)n1. The standard InChI is InChI=1S/C8H8ClNO2/c1-12-8-3-6(5-11)2-7(4-9)10-8/h2-3,5H,4H2,1H3. The summed E-state index contributed by atoms with van der Waals surface area (Å²) in [6.45, 7) is 0. The number of carbonyl (C=O) groups excluding carboxylic acids is 1. The Balaban J connectivity index is 3.09. The summed E-state index contributed by atoms with van der Waals surface area (Å²) in [5.74, 6) is 0.688. The van der Waals surface area contributed by atoms with Gasteiger partial charge in [0.15, 0.2) is 0 Å². The van der Waals surface area contributed by atoms with E-state index < -0.39 is 0 Å². The first-order valence-corrected chi connectivity index (χ1v) is 3.89. The number of halogens is 1. The van der Waals surface area contributed by atoms with Gasteiger partial charge in [0.2, 0.25) is 5.88 Å². The van der Waals surface area contributed by atoms with Gasteiger partial charge >= 0.3 is 0 Å². The minimum absolute atomic E-state index is 0.276. The quantitative estimate of drug-likeness (QED) is 0.531. The molecular formula is C8H8ClNO2. The largest absolute Gasteiger partial charge is 0.481 e. The maximum Gasteiger partial charge on any atom is 0.213 e. The van der Waals surface area contributed by atoms with Crippen LogP contribution in [0.5, 0.6) is 5.88 Å². The van der Waals surface area contributed by atoms with Crippen molar-refractivity contribution in [2.75, 3.05) is 7.11 Å². The Bertz CT molecular complexity index is 266. The molecule has 0 saturated carbocycles. The van der Waals surface area contributed by atoms with Gasteiger partial charge in [-0.1, -0.05) is 0 Å². The van der Waals surface area contributed by atoms with Gasteiger partial charge in [-0.25, -0.2) is 4.98 Å². The minimum Gasteiger partial charge on any atom is -0.481 e. The topological polar surface area (TPSA) is 39.2 Å². The first-order valence-electron chi connectivity index (χ1n) is 3.36. The summed E-state index contributed by atoms with van der Waals surface area (Å²) in [5.41, 5.74) is 1.16. The van der Waals surface area contributed by atoms with E-state index in [-0.39, 0.29) is 5.88 Å². The van der Waals surface area contributed by atoms with Crippen molar-refractivity contribution in [2.45, 2.75) is 5.88 Å². The molecule has 0 fully saturated rings. The van der Waals surface area contributed by atoms with E-state index in [4.69, 9.17) is 16.3 Å². The summed E-state index contributed by atoms with van der Waals surface area (Å²) >= 11 is 5.55. The average Bonchev–Trinajstić information content (AvgIpc) is 2.16. The lowest BCUT2D eigenvalue weighted by atomic mass is 10.2. The first kappa shape index (κ1) is 9.00. The molecule has 0 N–H and O–H groups in total. The maximum absolute atomic E-state index is 10.4. The zero-order valence-electron chi connectivity index (χ0n) is 6.58. The molecule has 12 heavy (non-hydrogen) atoms. The van der Waals surface area contributed by atoms with Gasteiger partial charge < -0.3 is 4.74 Å². The van der Waals surface area contributed by atoms with Gasteiger partial charge in [0.1, 0.15) is 6.29 Å². The number of rotatable bonds is 3. The Morgan fingerprint density at radius 2 is 2.42 bits per heavy atom. The summed E-state index contributed by atoms with van der Waals surface area (Å²) in [5, 5.41) is 0. The Morgan fingerprint density at radius 1 is 1.67 bits per heavy atom. The van der Waals surface area contributed by atoms with Gasteiger partial charge in [-0.2, -0.15) is 0 Å². The number of aromatic nitrogens is 1. The third-order valence-corrected chi connectivity index (χ3v) is 1.63. The number of ether oxygens (including phenoxy) is 1. The summed E-state index contributed by atoms with van der Waals surface area (Å²) < 4.78 is 4.87. The molecule has 0 aliphatic heterocycles. The summed E-state index contributed by atoms with van der Waals surface area (Å²) in [7, 11) is 1.49. The average molecular weight is 186 g/mol. The highest BCUT2D eigenvalue weighted by atomic mass is 35.5. The number of nitrogens with zero attached hydrogens (tertiary/aromatic N) is 1. The van der Waals surface area contributed by atoms with E-state index in [0.717, 1.165) is 6.29 Å². The summed E-state index contributed by atoms with van der Waals surface area (Å²) in [6.07, 6.45) is 0.736. The van der Waals surface area contributed by atoms with Crippen LogP contribution in [0.15, 0.2) is 12.1 Å². The van der Waals surface area contributed by atoms with Gasteiger partial charge in [0.05, 0.1) is 18.7 Å². The Kier molecular flexibility index (Phi) is 3.05. The Hall–Kier alpha value is -1.09. The third-order valence-electron chi connectivity index (χ3n) is 1.36. The molecule has 4 heteroatoms. The normalized spacial score (nSPS) is 9.50. The lowest BCUT2D eigenvalue weighted by Gasteiger charge is -2.01. The molecule has 0 amide bonds. The number of hydrogen-bond acceptors (Lipinski definition) is 3. The highest BCUT2D eigenvalue weighted by molar-refractivity contribution is 6.16. The summed E-state index contributed by atoms with van der Waals surface area (Å²) in [6, 6.07) is 3.19. The lowest BCUT2D eigenvalue weighted by Crippen LogP contribution is -1.94. The second kappa shape index (κ2) is 4.07. The second-order valence-corrected chi connectivity index (χ2v) is 2.45. The van der Waals surface area contributed by atoms with Crippen LogP contribution in [0.1, 0.15) is 16.1 Å². The molecule has 1 aromatic heterocycles. The number of methoxy groups -OCH3 is 1. The molecule has 0 aromatic carbocycles. The van der Waals surface area contributed by atoms with E-state index in [2.05, 4.69) is 4.98 Å². The molecule has 0 unspecified atom stereocenters. The molecule has 0 atom stereocenters. The first-order chi connectivity index (χ1) is 5.80. The van der Waals surface area contributed by atoms with Crippen molar-refractivity contribution in [3.8, 4) is 5.88 Å². The third kappa shape index (κ3) is 1.95. The molecular weight excluding hydrogens is 178 g/mol. The van der Waals surface area contributed by atoms with Crippen LogP contribution in [0.2, 0.25) is 0 Å². The number of aldehydes is 1. The lowest BCUT2D eigenvalue weighted by molar-refractivity contribution is 0.112. The molecule has 0 aliphatic carbocycles. The number of alkyl halides is 1.